The molecule has 1 aliphatic rings. The average Bonchev–Trinajstić information content (AvgIpc) is 3.00. The maximum Gasteiger partial charge on any atom is 0.224 e. The largest absolute Gasteiger partial charge is 0.339 e. The number of aryl methyl sites for hydroxylation is 1. The van der Waals surface area contributed by atoms with Gasteiger partial charge in [0.25, 0.3) is 0 Å². The van der Waals surface area contributed by atoms with Crippen LogP contribution in [0.3, 0.4) is 0 Å². The Morgan fingerprint density at radius 3 is 2.54 bits per heavy atom. The van der Waals surface area contributed by atoms with E-state index in [9.17, 15) is 9.59 Å². The van der Waals surface area contributed by atoms with Crippen LogP contribution in [0.25, 0.3) is 11.4 Å². The van der Waals surface area contributed by atoms with Gasteiger partial charge in [-0.05, 0) is 25.2 Å². The second-order valence-electron chi connectivity index (χ2n) is 6.51. The van der Waals surface area contributed by atoms with E-state index in [0.29, 0.717) is 43.9 Å². The molecule has 3 rings (SSSR count). The van der Waals surface area contributed by atoms with Crippen LogP contribution in [0.15, 0.2) is 24.3 Å². The number of rotatable bonds is 4. The van der Waals surface area contributed by atoms with Crippen molar-refractivity contribution in [2.45, 2.75) is 26.8 Å². The summed E-state index contributed by atoms with van der Waals surface area (Å²) in [5.41, 5.74) is 2.11. The minimum Gasteiger partial charge on any atom is -0.339 e. The number of nitrogens with zero attached hydrogens (tertiary/aromatic N) is 4. The third-order valence-corrected chi connectivity index (χ3v) is 4.97. The van der Waals surface area contributed by atoms with Gasteiger partial charge in [-0.1, -0.05) is 23.8 Å². The topological polar surface area (TPSA) is 74.2 Å². The molecule has 138 valence electrons. The van der Waals surface area contributed by atoms with Crippen molar-refractivity contribution in [2.75, 3.05) is 26.2 Å². The summed E-state index contributed by atoms with van der Waals surface area (Å²) in [6, 6.07) is 8.03. The first-order valence-corrected chi connectivity index (χ1v) is 9.12. The van der Waals surface area contributed by atoms with Crippen LogP contribution in [-0.4, -0.2) is 62.6 Å². The van der Waals surface area contributed by atoms with E-state index in [1.165, 1.54) is 0 Å². The molecule has 8 heteroatoms. The number of H-pyrrole nitrogens is 1. The van der Waals surface area contributed by atoms with E-state index in [0.717, 1.165) is 17.0 Å². The van der Waals surface area contributed by atoms with Crippen LogP contribution >= 0.6 is 12.2 Å². The zero-order valence-electron chi connectivity index (χ0n) is 15.1. The summed E-state index contributed by atoms with van der Waals surface area (Å²) in [4.78, 5) is 27.5. The van der Waals surface area contributed by atoms with Gasteiger partial charge in [0.15, 0.2) is 10.6 Å². The zero-order chi connectivity index (χ0) is 18.7. The molecule has 0 unspecified atom stereocenters. The molecule has 0 saturated carbocycles. The van der Waals surface area contributed by atoms with Crippen LogP contribution in [0, 0.1) is 11.7 Å². The van der Waals surface area contributed by atoms with Gasteiger partial charge in [-0.25, -0.2) is 0 Å². The first-order valence-electron chi connectivity index (χ1n) is 8.71. The highest BCUT2D eigenvalue weighted by Crippen LogP contribution is 2.19. The number of aromatic nitrogens is 3. The standard InChI is InChI=1S/C18H23N5O2S/c1-13-4-3-5-15(12-13)17-19-20-18(26)23(17)7-6-16(25)22-10-8-21(9-11-22)14(2)24/h3-5,12H,6-11H2,1-2H3,(H,20,26). The van der Waals surface area contributed by atoms with Crippen molar-refractivity contribution < 1.29 is 9.59 Å². The lowest BCUT2D eigenvalue weighted by Crippen LogP contribution is -2.50. The molecule has 0 atom stereocenters. The molecule has 1 fully saturated rings. The van der Waals surface area contributed by atoms with E-state index < -0.39 is 0 Å². The molecule has 2 heterocycles. The van der Waals surface area contributed by atoms with E-state index in [2.05, 4.69) is 10.2 Å². The molecule has 1 aromatic heterocycles. The van der Waals surface area contributed by atoms with Gasteiger partial charge in [-0.2, -0.15) is 5.10 Å². The summed E-state index contributed by atoms with van der Waals surface area (Å²) in [7, 11) is 0. The zero-order valence-corrected chi connectivity index (χ0v) is 15.9. The van der Waals surface area contributed by atoms with E-state index in [-0.39, 0.29) is 11.8 Å². The van der Waals surface area contributed by atoms with Gasteiger partial charge in [0.2, 0.25) is 11.8 Å². The molecule has 1 saturated heterocycles. The maximum atomic E-state index is 12.5. The van der Waals surface area contributed by atoms with Crippen molar-refractivity contribution in [3.63, 3.8) is 0 Å². The highest BCUT2D eigenvalue weighted by molar-refractivity contribution is 7.71. The smallest absolute Gasteiger partial charge is 0.224 e. The third kappa shape index (κ3) is 4.01. The molecular weight excluding hydrogens is 350 g/mol. The van der Waals surface area contributed by atoms with Crippen molar-refractivity contribution in [1.29, 1.82) is 0 Å². The quantitative estimate of drug-likeness (QED) is 0.832. The van der Waals surface area contributed by atoms with E-state index in [4.69, 9.17) is 12.2 Å². The van der Waals surface area contributed by atoms with Crippen LogP contribution in [0.5, 0.6) is 0 Å². The number of hydrogen-bond acceptors (Lipinski definition) is 4. The molecule has 1 aliphatic heterocycles. The van der Waals surface area contributed by atoms with Gasteiger partial charge in [0, 0.05) is 51.6 Å². The van der Waals surface area contributed by atoms with Gasteiger partial charge in [0.05, 0.1) is 0 Å². The van der Waals surface area contributed by atoms with Crippen molar-refractivity contribution in [3.8, 4) is 11.4 Å². The Balaban J connectivity index is 1.65. The molecular formula is C18H23N5O2S. The van der Waals surface area contributed by atoms with Gasteiger partial charge in [-0.3, -0.25) is 19.3 Å². The Labute approximate surface area is 157 Å². The summed E-state index contributed by atoms with van der Waals surface area (Å²) in [5.74, 6) is 0.879. The SMILES string of the molecule is CC(=O)N1CCN(C(=O)CCn2c(-c3cccc(C)c3)n[nH]c2=S)CC1. The van der Waals surface area contributed by atoms with E-state index >= 15 is 0 Å². The molecule has 2 amide bonds. The first-order chi connectivity index (χ1) is 12.5. The Hall–Kier alpha value is -2.48. The number of benzene rings is 1. The number of aromatic amines is 1. The molecule has 0 spiro atoms. The van der Waals surface area contributed by atoms with Gasteiger partial charge in [0.1, 0.15) is 0 Å². The number of piperazine rings is 1. The van der Waals surface area contributed by atoms with Crippen molar-refractivity contribution in [1.82, 2.24) is 24.6 Å². The highest BCUT2D eigenvalue weighted by atomic mass is 32.1. The molecule has 0 aliphatic carbocycles. The fourth-order valence-electron chi connectivity index (χ4n) is 3.17. The van der Waals surface area contributed by atoms with Crippen LogP contribution in [-0.2, 0) is 16.1 Å². The Morgan fingerprint density at radius 1 is 1.19 bits per heavy atom. The fraction of sp³-hybridized carbons (Fsp3) is 0.444. The number of carbonyl (C=O) groups excluding carboxylic acids is 2. The van der Waals surface area contributed by atoms with E-state index in [1.807, 2.05) is 40.7 Å². The Morgan fingerprint density at radius 2 is 1.88 bits per heavy atom. The van der Waals surface area contributed by atoms with Crippen molar-refractivity contribution >= 4 is 24.0 Å². The summed E-state index contributed by atoms with van der Waals surface area (Å²) in [6.07, 6.45) is 0.354. The molecule has 7 nitrogen and oxygen atoms in total. The molecule has 26 heavy (non-hydrogen) atoms. The summed E-state index contributed by atoms with van der Waals surface area (Å²) >= 11 is 5.33. The predicted molar refractivity (Wildman–Crippen MR) is 101 cm³/mol. The lowest BCUT2D eigenvalue weighted by Gasteiger charge is -2.34. The van der Waals surface area contributed by atoms with Crippen LogP contribution in [0.2, 0.25) is 0 Å². The lowest BCUT2D eigenvalue weighted by molar-refractivity contribution is -0.138. The van der Waals surface area contributed by atoms with Crippen LogP contribution < -0.4 is 0 Å². The van der Waals surface area contributed by atoms with E-state index in [1.54, 1.807) is 11.8 Å². The first kappa shape index (κ1) is 18.3. The molecule has 1 aromatic carbocycles. The molecule has 2 aromatic rings. The van der Waals surface area contributed by atoms with Crippen molar-refractivity contribution in [2.24, 2.45) is 0 Å². The highest BCUT2D eigenvalue weighted by Gasteiger charge is 2.22. The van der Waals surface area contributed by atoms with Gasteiger partial charge < -0.3 is 9.80 Å². The number of carbonyl (C=O) groups is 2. The summed E-state index contributed by atoms with van der Waals surface area (Å²) in [5, 5.41) is 7.15. The van der Waals surface area contributed by atoms with Crippen LogP contribution in [0.1, 0.15) is 18.9 Å². The Kier molecular flexibility index (Phi) is 5.51. The third-order valence-electron chi connectivity index (χ3n) is 4.66. The maximum absolute atomic E-state index is 12.5. The summed E-state index contributed by atoms with van der Waals surface area (Å²) < 4.78 is 2.38. The monoisotopic (exact) mass is 373 g/mol. The molecule has 0 bridgehead atoms. The number of hydrogen-bond donors (Lipinski definition) is 1. The molecule has 1 N–H and O–H groups in total. The van der Waals surface area contributed by atoms with Gasteiger partial charge >= 0.3 is 0 Å². The minimum atomic E-state index is 0.0598. The normalized spacial score (nSPS) is 14.5. The summed E-state index contributed by atoms with van der Waals surface area (Å²) in [6.45, 7) is 6.43. The van der Waals surface area contributed by atoms with Gasteiger partial charge in [-0.15, -0.1) is 0 Å². The van der Waals surface area contributed by atoms with Crippen molar-refractivity contribution in [3.05, 3.63) is 34.6 Å². The average molecular weight is 373 g/mol. The second kappa shape index (κ2) is 7.82. The lowest BCUT2D eigenvalue weighted by atomic mass is 10.1. The Bertz CT molecular complexity index is 864. The molecule has 0 radical (unpaired) electrons. The van der Waals surface area contributed by atoms with Crippen LogP contribution in [0.4, 0.5) is 0 Å². The fourth-order valence-corrected chi connectivity index (χ4v) is 3.39. The number of nitrogens with one attached hydrogen (secondary N) is 1. The predicted octanol–water partition coefficient (Wildman–Crippen LogP) is 2.00. The number of amides is 2. The second-order valence-corrected chi connectivity index (χ2v) is 6.90. The minimum absolute atomic E-state index is 0.0598.